The molecule has 0 atom stereocenters. The average Bonchev–Trinajstić information content (AvgIpc) is 3.12. The first kappa shape index (κ1) is 20.7. The Hall–Kier alpha value is -2.55. The van der Waals surface area contributed by atoms with Crippen LogP contribution >= 0.6 is 11.3 Å². The van der Waals surface area contributed by atoms with Crippen LogP contribution in [-0.4, -0.2) is 30.2 Å². The predicted octanol–water partition coefficient (Wildman–Crippen LogP) is 4.13. The summed E-state index contributed by atoms with van der Waals surface area (Å²) in [6, 6.07) is 13.2. The van der Waals surface area contributed by atoms with Gasteiger partial charge < -0.3 is 5.32 Å². The van der Waals surface area contributed by atoms with Crippen LogP contribution in [0, 0.1) is 13.8 Å². The number of nitrogens with zero attached hydrogens (tertiary/aromatic N) is 2. The molecular formula is C22H23N3O3S2. The third-order valence-corrected chi connectivity index (χ3v) is 8.08. The van der Waals surface area contributed by atoms with Gasteiger partial charge in [0.1, 0.15) is 9.90 Å². The standard InChI is InChI=1S/C22H23N3O3S2/c1-14-4-7-17(8-5-14)22-24-18-10-11-25(13-20(18)29-22)30(27,28)21-12-15(2)6-9-19(21)23-16(3)26/h4-9,12H,10-11,13H2,1-3H3,(H,23,26). The molecule has 0 aliphatic carbocycles. The number of fused-ring (bicyclic) bond motifs is 1. The van der Waals surface area contributed by atoms with Crippen LogP contribution in [0.4, 0.5) is 5.69 Å². The van der Waals surface area contributed by atoms with E-state index < -0.39 is 10.0 Å². The van der Waals surface area contributed by atoms with Crippen LogP contribution in [0.25, 0.3) is 10.6 Å². The zero-order valence-electron chi connectivity index (χ0n) is 17.1. The van der Waals surface area contributed by atoms with E-state index in [1.165, 1.54) is 16.8 Å². The number of sulfonamides is 1. The maximum Gasteiger partial charge on any atom is 0.245 e. The third kappa shape index (κ3) is 4.03. The largest absolute Gasteiger partial charge is 0.325 e. The van der Waals surface area contributed by atoms with Gasteiger partial charge in [0.25, 0.3) is 0 Å². The molecule has 1 N–H and O–H groups in total. The fraction of sp³-hybridized carbons (Fsp3) is 0.273. The fourth-order valence-electron chi connectivity index (χ4n) is 3.47. The van der Waals surface area contributed by atoms with E-state index in [0.717, 1.165) is 26.7 Å². The lowest BCUT2D eigenvalue weighted by Crippen LogP contribution is -2.36. The number of nitrogens with one attached hydrogen (secondary N) is 1. The number of hydrogen-bond acceptors (Lipinski definition) is 5. The minimum atomic E-state index is -3.77. The fourth-order valence-corrected chi connectivity index (χ4v) is 6.32. The van der Waals surface area contributed by atoms with Gasteiger partial charge in [0.15, 0.2) is 0 Å². The molecule has 0 saturated heterocycles. The molecule has 1 amide bonds. The highest BCUT2D eigenvalue weighted by molar-refractivity contribution is 7.89. The molecule has 4 rings (SSSR count). The minimum Gasteiger partial charge on any atom is -0.325 e. The number of anilines is 1. The van der Waals surface area contributed by atoms with Gasteiger partial charge in [-0.15, -0.1) is 11.3 Å². The predicted molar refractivity (Wildman–Crippen MR) is 119 cm³/mol. The number of rotatable bonds is 4. The van der Waals surface area contributed by atoms with E-state index in [1.807, 2.05) is 38.1 Å². The van der Waals surface area contributed by atoms with E-state index >= 15 is 0 Å². The van der Waals surface area contributed by atoms with Crippen molar-refractivity contribution in [3.63, 3.8) is 0 Å². The highest BCUT2D eigenvalue weighted by Gasteiger charge is 2.32. The second-order valence-electron chi connectivity index (χ2n) is 7.52. The molecular weight excluding hydrogens is 418 g/mol. The van der Waals surface area contributed by atoms with Crippen molar-refractivity contribution in [2.75, 3.05) is 11.9 Å². The van der Waals surface area contributed by atoms with E-state index in [-0.39, 0.29) is 17.3 Å². The quantitative estimate of drug-likeness (QED) is 0.660. The Balaban J connectivity index is 1.65. The highest BCUT2D eigenvalue weighted by Crippen LogP contribution is 2.35. The van der Waals surface area contributed by atoms with Gasteiger partial charge in [0.05, 0.1) is 17.9 Å². The Morgan fingerprint density at radius 3 is 2.50 bits per heavy atom. The second kappa shape index (κ2) is 7.94. The molecule has 0 spiro atoms. The number of carbonyl (C=O) groups is 1. The van der Waals surface area contributed by atoms with E-state index in [0.29, 0.717) is 18.7 Å². The van der Waals surface area contributed by atoms with Gasteiger partial charge in [-0.05, 0) is 31.5 Å². The first-order valence-electron chi connectivity index (χ1n) is 9.68. The molecule has 0 saturated carbocycles. The molecule has 1 aliphatic rings. The molecule has 1 aliphatic heterocycles. The van der Waals surface area contributed by atoms with Crippen LogP contribution in [0.5, 0.6) is 0 Å². The normalized spacial score (nSPS) is 14.4. The number of hydrogen-bond donors (Lipinski definition) is 1. The maximum atomic E-state index is 13.4. The number of thiazole rings is 1. The summed E-state index contributed by atoms with van der Waals surface area (Å²) in [4.78, 5) is 17.4. The van der Waals surface area contributed by atoms with Gasteiger partial charge in [-0.1, -0.05) is 35.9 Å². The van der Waals surface area contributed by atoms with Gasteiger partial charge in [-0.2, -0.15) is 4.31 Å². The average molecular weight is 442 g/mol. The first-order chi connectivity index (χ1) is 14.2. The number of aryl methyl sites for hydroxylation is 2. The highest BCUT2D eigenvalue weighted by atomic mass is 32.2. The molecule has 0 bridgehead atoms. The molecule has 0 fully saturated rings. The van der Waals surface area contributed by atoms with Gasteiger partial charge >= 0.3 is 0 Å². The molecule has 30 heavy (non-hydrogen) atoms. The first-order valence-corrected chi connectivity index (χ1v) is 11.9. The summed E-state index contributed by atoms with van der Waals surface area (Å²) in [5.41, 5.74) is 4.32. The number of benzene rings is 2. The molecule has 156 valence electrons. The Labute approximate surface area is 180 Å². The van der Waals surface area contributed by atoms with E-state index in [4.69, 9.17) is 4.98 Å². The molecule has 1 aromatic heterocycles. The topological polar surface area (TPSA) is 79.4 Å². The van der Waals surface area contributed by atoms with Gasteiger partial charge in [0.2, 0.25) is 15.9 Å². The molecule has 2 heterocycles. The zero-order chi connectivity index (χ0) is 21.5. The summed E-state index contributed by atoms with van der Waals surface area (Å²) in [5.74, 6) is -0.304. The van der Waals surface area contributed by atoms with Crippen molar-refractivity contribution in [1.29, 1.82) is 0 Å². The van der Waals surface area contributed by atoms with Gasteiger partial charge in [-0.25, -0.2) is 13.4 Å². The van der Waals surface area contributed by atoms with Crippen LogP contribution in [0.15, 0.2) is 47.4 Å². The van der Waals surface area contributed by atoms with Crippen molar-refractivity contribution in [3.05, 3.63) is 64.2 Å². The van der Waals surface area contributed by atoms with E-state index in [1.54, 1.807) is 29.5 Å². The summed E-state index contributed by atoms with van der Waals surface area (Å²) < 4.78 is 28.3. The number of aromatic nitrogens is 1. The Morgan fingerprint density at radius 1 is 1.10 bits per heavy atom. The van der Waals surface area contributed by atoms with Crippen LogP contribution < -0.4 is 5.32 Å². The molecule has 6 nitrogen and oxygen atoms in total. The van der Waals surface area contributed by atoms with Crippen LogP contribution in [0.1, 0.15) is 28.6 Å². The van der Waals surface area contributed by atoms with Crippen molar-refractivity contribution >= 4 is 33.0 Å². The van der Waals surface area contributed by atoms with E-state index in [2.05, 4.69) is 5.32 Å². The lowest BCUT2D eigenvalue weighted by molar-refractivity contribution is -0.114. The summed E-state index contributed by atoms with van der Waals surface area (Å²) in [5, 5.41) is 3.55. The van der Waals surface area contributed by atoms with Crippen molar-refractivity contribution in [2.24, 2.45) is 0 Å². The van der Waals surface area contributed by atoms with Crippen molar-refractivity contribution < 1.29 is 13.2 Å². The SMILES string of the molecule is CC(=O)Nc1ccc(C)cc1S(=O)(=O)N1CCc2nc(-c3ccc(C)cc3)sc2C1. The number of amides is 1. The van der Waals surface area contributed by atoms with Crippen LogP contribution in [0.2, 0.25) is 0 Å². The molecule has 2 aromatic carbocycles. The van der Waals surface area contributed by atoms with E-state index in [9.17, 15) is 13.2 Å². The molecule has 8 heteroatoms. The van der Waals surface area contributed by atoms with Gasteiger partial charge in [-0.3, -0.25) is 4.79 Å². The summed E-state index contributed by atoms with van der Waals surface area (Å²) in [6.45, 7) is 5.89. The summed E-state index contributed by atoms with van der Waals surface area (Å²) in [7, 11) is -3.77. The third-order valence-electron chi connectivity index (χ3n) is 5.06. The number of carbonyl (C=O) groups excluding carboxylic acids is 1. The molecule has 0 unspecified atom stereocenters. The van der Waals surface area contributed by atoms with Crippen molar-refractivity contribution in [2.45, 2.75) is 38.6 Å². The lowest BCUT2D eigenvalue weighted by atomic mass is 10.1. The molecule has 0 radical (unpaired) electrons. The van der Waals surface area contributed by atoms with Crippen molar-refractivity contribution in [3.8, 4) is 10.6 Å². The Kier molecular flexibility index (Phi) is 5.48. The van der Waals surface area contributed by atoms with Crippen LogP contribution in [0.3, 0.4) is 0 Å². The smallest absolute Gasteiger partial charge is 0.245 e. The van der Waals surface area contributed by atoms with Crippen molar-refractivity contribution in [1.82, 2.24) is 9.29 Å². The summed E-state index contributed by atoms with van der Waals surface area (Å²) >= 11 is 1.54. The van der Waals surface area contributed by atoms with Gasteiger partial charge in [0, 0.05) is 30.3 Å². The maximum absolute atomic E-state index is 13.4. The minimum absolute atomic E-state index is 0.129. The zero-order valence-corrected chi connectivity index (χ0v) is 18.7. The second-order valence-corrected chi connectivity index (χ2v) is 10.5. The Bertz CT molecular complexity index is 1210. The van der Waals surface area contributed by atoms with Crippen LogP contribution in [-0.2, 0) is 27.8 Å². The molecule has 3 aromatic rings. The lowest BCUT2D eigenvalue weighted by Gasteiger charge is -2.26. The Morgan fingerprint density at radius 2 is 1.80 bits per heavy atom. The summed E-state index contributed by atoms with van der Waals surface area (Å²) in [6.07, 6.45) is 0.568. The monoisotopic (exact) mass is 441 g/mol.